The maximum atomic E-state index is 6.29. The van der Waals surface area contributed by atoms with Crippen molar-refractivity contribution in [3.8, 4) is 17.1 Å². The molecule has 0 amide bonds. The summed E-state index contributed by atoms with van der Waals surface area (Å²) in [4.78, 5) is 12.2. The van der Waals surface area contributed by atoms with Gasteiger partial charge in [0.2, 0.25) is 0 Å². The minimum absolute atomic E-state index is 0.181. The van der Waals surface area contributed by atoms with E-state index in [9.17, 15) is 0 Å². The normalized spacial score (nSPS) is 16.3. The third-order valence-corrected chi connectivity index (χ3v) is 4.24. The van der Waals surface area contributed by atoms with Crippen LogP contribution in [-0.2, 0) is 6.42 Å². The molecule has 0 atom stereocenters. The summed E-state index contributed by atoms with van der Waals surface area (Å²) in [7, 11) is 0. The summed E-state index contributed by atoms with van der Waals surface area (Å²) < 4.78 is 6.22. The van der Waals surface area contributed by atoms with Gasteiger partial charge in [-0.15, -0.1) is 0 Å². The fourth-order valence-corrected chi connectivity index (χ4v) is 3.11. The average Bonchev–Trinajstić information content (AvgIpc) is 2.90. The number of aryl methyl sites for hydroxylation is 1. The van der Waals surface area contributed by atoms with Gasteiger partial charge in [-0.05, 0) is 56.5 Å². The molecular formula is C17H16ClN3O. The molecule has 1 N–H and O–H groups in total. The lowest BCUT2D eigenvalue weighted by Gasteiger charge is -2.33. The van der Waals surface area contributed by atoms with Crippen LogP contribution in [-0.4, -0.2) is 20.6 Å². The second-order valence-corrected chi connectivity index (χ2v) is 6.70. The summed E-state index contributed by atoms with van der Waals surface area (Å²) in [5, 5.41) is 0.700. The Bertz CT molecular complexity index is 836. The van der Waals surface area contributed by atoms with Crippen molar-refractivity contribution in [3.05, 3.63) is 41.0 Å². The van der Waals surface area contributed by atoms with Crippen LogP contribution in [0.25, 0.3) is 22.6 Å². The van der Waals surface area contributed by atoms with E-state index >= 15 is 0 Å². The zero-order valence-electron chi connectivity index (χ0n) is 12.5. The average molecular weight is 314 g/mol. The summed E-state index contributed by atoms with van der Waals surface area (Å²) in [5.74, 6) is 1.62. The molecule has 0 unspecified atom stereocenters. The van der Waals surface area contributed by atoms with Gasteiger partial charge >= 0.3 is 0 Å². The van der Waals surface area contributed by atoms with E-state index in [1.165, 1.54) is 0 Å². The number of hydrogen-bond donors (Lipinski definition) is 1. The lowest BCUT2D eigenvalue weighted by atomic mass is 9.92. The quantitative estimate of drug-likeness (QED) is 0.725. The van der Waals surface area contributed by atoms with Gasteiger partial charge in [-0.2, -0.15) is 0 Å². The maximum absolute atomic E-state index is 6.29. The lowest BCUT2D eigenvalue weighted by Crippen LogP contribution is -2.32. The second-order valence-electron chi connectivity index (χ2n) is 6.26. The van der Waals surface area contributed by atoms with Crippen molar-refractivity contribution in [1.82, 2.24) is 15.0 Å². The number of imidazole rings is 1. The Morgan fingerprint density at radius 2 is 2.18 bits per heavy atom. The molecular weight excluding hydrogens is 298 g/mol. The molecule has 0 bridgehead atoms. The van der Waals surface area contributed by atoms with Crippen LogP contribution in [0.1, 0.15) is 25.8 Å². The predicted octanol–water partition coefficient (Wildman–Crippen LogP) is 4.38. The van der Waals surface area contributed by atoms with Crippen LogP contribution in [0.2, 0.25) is 5.02 Å². The van der Waals surface area contributed by atoms with Crippen molar-refractivity contribution < 1.29 is 4.74 Å². The highest BCUT2D eigenvalue weighted by atomic mass is 35.5. The first-order valence-electron chi connectivity index (χ1n) is 7.34. The van der Waals surface area contributed by atoms with Gasteiger partial charge in [0.05, 0.1) is 11.1 Å². The topological polar surface area (TPSA) is 50.8 Å². The van der Waals surface area contributed by atoms with E-state index < -0.39 is 0 Å². The molecule has 0 radical (unpaired) electrons. The molecule has 5 heteroatoms. The van der Waals surface area contributed by atoms with E-state index in [2.05, 4.69) is 28.8 Å². The number of ether oxygens (including phenoxy) is 1. The zero-order chi connectivity index (χ0) is 15.3. The van der Waals surface area contributed by atoms with E-state index in [0.717, 1.165) is 41.1 Å². The number of halogens is 1. The maximum Gasteiger partial charge on any atom is 0.178 e. The van der Waals surface area contributed by atoms with Gasteiger partial charge in [0.25, 0.3) is 0 Å². The van der Waals surface area contributed by atoms with Gasteiger partial charge in [0.15, 0.2) is 5.65 Å². The highest BCUT2D eigenvalue weighted by Gasteiger charge is 2.29. The zero-order valence-corrected chi connectivity index (χ0v) is 13.2. The van der Waals surface area contributed by atoms with Crippen LogP contribution >= 0.6 is 11.6 Å². The highest BCUT2D eigenvalue weighted by molar-refractivity contribution is 6.31. The molecule has 4 nitrogen and oxygen atoms in total. The Morgan fingerprint density at radius 1 is 1.32 bits per heavy atom. The van der Waals surface area contributed by atoms with Gasteiger partial charge in [-0.3, -0.25) is 0 Å². The standard InChI is InChI=1S/C17H16ClN3O/c1-17(2)6-5-10-8-11(18)9-12(14(10)22-17)15-20-13-4-3-7-19-16(13)21-15/h3-4,7-9H,5-6H2,1-2H3,(H,19,20,21). The van der Waals surface area contributed by atoms with Crippen molar-refractivity contribution in [3.63, 3.8) is 0 Å². The number of rotatable bonds is 1. The first-order chi connectivity index (χ1) is 10.5. The van der Waals surface area contributed by atoms with Gasteiger partial charge in [0.1, 0.15) is 17.2 Å². The third-order valence-electron chi connectivity index (χ3n) is 4.02. The van der Waals surface area contributed by atoms with Crippen LogP contribution < -0.4 is 4.74 Å². The molecule has 0 spiro atoms. The number of nitrogens with one attached hydrogen (secondary N) is 1. The molecule has 2 aromatic heterocycles. The Morgan fingerprint density at radius 3 is 3.00 bits per heavy atom. The summed E-state index contributed by atoms with van der Waals surface area (Å²) in [6.45, 7) is 4.21. The van der Waals surface area contributed by atoms with Gasteiger partial charge in [-0.25, -0.2) is 9.97 Å². The van der Waals surface area contributed by atoms with Crippen molar-refractivity contribution >= 4 is 22.8 Å². The fraction of sp³-hybridized carbons (Fsp3) is 0.294. The monoisotopic (exact) mass is 313 g/mol. The number of nitrogens with zero attached hydrogens (tertiary/aromatic N) is 2. The Labute approximate surface area is 133 Å². The van der Waals surface area contributed by atoms with Crippen molar-refractivity contribution in [2.75, 3.05) is 0 Å². The Kier molecular flexibility index (Phi) is 2.91. The molecule has 0 saturated carbocycles. The molecule has 1 aromatic carbocycles. The van der Waals surface area contributed by atoms with E-state index in [-0.39, 0.29) is 5.60 Å². The van der Waals surface area contributed by atoms with E-state index in [0.29, 0.717) is 10.7 Å². The molecule has 3 heterocycles. The number of fused-ring (bicyclic) bond motifs is 2. The molecule has 0 fully saturated rings. The number of aromatic nitrogens is 3. The summed E-state index contributed by atoms with van der Waals surface area (Å²) in [5.41, 5.74) is 3.45. The molecule has 22 heavy (non-hydrogen) atoms. The summed E-state index contributed by atoms with van der Waals surface area (Å²) in [6.07, 6.45) is 3.66. The van der Waals surface area contributed by atoms with Crippen molar-refractivity contribution in [2.45, 2.75) is 32.3 Å². The van der Waals surface area contributed by atoms with Gasteiger partial charge < -0.3 is 9.72 Å². The van der Waals surface area contributed by atoms with Crippen molar-refractivity contribution in [1.29, 1.82) is 0 Å². The lowest BCUT2D eigenvalue weighted by molar-refractivity contribution is 0.0854. The summed E-state index contributed by atoms with van der Waals surface area (Å²) in [6, 6.07) is 7.73. The SMILES string of the molecule is CC1(C)CCc2cc(Cl)cc(-c3nc4ncccc4[nH]3)c2O1. The first-order valence-corrected chi connectivity index (χ1v) is 7.72. The molecule has 112 valence electrons. The number of aromatic amines is 1. The predicted molar refractivity (Wildman–Crippen MR) is 87.4 cm³/mol. The Hall–Kier alpha value is -2.07. The summed E-state index contributed by atoms with van der Waals surface area (Å²) >= 11 is 6.29. The highest BCUT2D eigenvalue weighted by Crippen LogP contribution is 2.42. The minimum Gasteiger partial charge on any atom is -0.487 e. The number of hydrogen-bond acceptors (Lipinski definition) is 3. The van der Waals surface area contributed by atoms with Gasteiger partial charge in [-0.1, -0.05) is 11.6 Å². The smallest absolute Gasteiger partial charge is 0.178 e. The number of H-pyrrole nitrogens is 1. The Balaban J connectivity index is 1.92. The largest absolute Gasteiger partial charge is 0.487 e. The third kappa shape index (κ3) is 2.24. The molecule has 0 aliphatic carbocycles. The second kappa shape index (κ2) is 4.71. The van der Waals surface area contributed by atoms with E-state index in [1.807, 2.05) is 24.3 Å². The van der Waals surface area contributed by atoms with Crippen LogP contribution in [0.3, 0.4) is 0 Å². The van der Waals surface area contributed by atoms with Crippen LogP contribution in [0.4, 0.5) is 0 Å². The molecule has 1 aliphatic rings. The van der Waals surface area contributed by atoms with Gasteiger partial charge in [0, 0.05) is 11.2 Å². The first kappa shape index (κ1) is 13.6. The molecule has 4 rings (SSSR count). The molecule has 3 aromatic rings. The van der Waals surface area contributed by atoms with Crippen LogP contribution in [0.5, 0.6) is 5.75 Å². The van der Waals surface area contributed by atoms with Crippen LogP contribution in [0.15, 0.2) is 30.5 Å². The number of benzene rings is 1. The number of pyridine rings is 1. The van der Waals surface area contributed by atoms with Crippen LogP contribution in [0, 0.1) is 0 Å². The minimum atomic E-state index is -0.181. The fourth-order valence-electron chi connectivity index (χ4n) is 2.87. The van der Waals surface area contributed by atoms with Crippen molar-refractivity contribution in [2.24, 2.45) is 0 Å². The molecule has 1 aliphatic heterocycles. The molecule has 0 saturated heterocycles. The van der Waals surface area contributed by atoms with E-state index in [1.54, 1.807) is 6.20 Å². The van der Waals surface area contributed by atoms with E-state index in [4.69, 9.17) is 16.3 Å².